The molecule has 15 heteroatoms. The fourth-order valence-electron chi connectivity index (χ4n) is 2.55. The van der Waals surface area contributed by atoms with Crippen LogP contribution in [0.15, 0.2) is 61.2 Å². The van der Waals surface area contributed by atoms with Crippen molar-refractivity contribution in [3.05, 3.63) is 57.5 Å². The second kappa shape index (κ2) is 7.90. The highest BCUT2D eigenvalue weighted by molar-refractivity contribution is 7.86. The standard InChI is InChI=1S/C16H13ClN4O8S2/c1-8-14(19-18-12-5-9(17)6-13(15(12)22)31(27,28)29)16(23)21(20-8)10-3-2-4-11(7-10)30(24,25)26/h2-7,20,22H,1H3,(H,24,25,26)(H,27,28,29)/p-2. The summed E-state index contributed by atoms with van der Waals surface area (Å²) >= 11 is 5.75. The first-order chi connectivity index (χ1) is 14.3. The first kappa shape index (κ1) is 22.6. The van der Waals surface area contributed by atoms with Gasteiger partial charge < -0.3 is 14.2 Å². The lowest BCUT2D eigenvalue weighted by molar-refractivity contribution is 0.436. The van der Waals surface area contributed by atoms with Crippen molar-refractivity contribution < 1.29 is 31.0 Å². The molecule has 0 saturated carbocycles. The zero-order valence-electron chi connectivity index (χ0n) is 15.3. The molecule has 0 spiro atoms. The van der Waals surface area contributed by atoms with Crippen LogP contribution in [0.2, 0.25) is 5.02 Å². The molecule has 0 radical (unpaired) electrons. The van der Waals surface area contributed by atoms with E-state index in [9.17, 15) is 35.8 Å². The smallest absolute Gasteiger partial charge is 0.299 e. The Hall–Kier alpha value is -3.04. The van der Waals surface area contributed by atoms with Crippen LogP contribution in [0, 0.1) is 6.92 Å². The number of hydrogen-bond donors (Lipinski definition) is 2. The Bertz CT molecular complexity index is 1490. The molecule has 0 fully saturated rings. The molecule has 2 aromatic carbocycles. The summed E-state index contributed by atoms with van der Waals surface area (Å²) in [6.07, 6.45) is 0. The van der Waals surface area contributed by atoms with Crippen molar-refractivity contribution in [3.8, 4) is 11.4 Å². The molecular formula is C16H11ClN4O8S2-2. The number of aromatic amines is 1. The second-order valence-corrected chi connectivity index (χ2v) is 9.27. The van der Waals surface area contributed by atoms with E-state index in [2.05, 4.69) is 15.3 Å². The normalized spacial score (nSPS) is 12.5. The molecule has 0 bridgehead atoms. The zero-order chi connectivity index (χ0) is 23.1. The Balaban J connectivity index is 2.09. The number of nitrogens with zero attached hydrogens (tertiary/aromatic N) is 3. The van der Waals surface area contributed by atoms with Crippen LogP contribution in [0.25, 0.3) is 5.69 Å². The highest BCUT2D eigenvalue weighted by atomic mass is 35.5. The average Bonchev–Trinajstić information content (AvgIpc) is 2.94. The minimum absolute atomic E-state index is 0.0248. The van der Waals surface area contributed by atoms with Gasteiger partial charge in [0.25, 0.3) is 5.56 Å². The molecule has 2 N–H and O–H groups in total. The molecule has 3 aromatic rings. The summed E-state index contributed by atoms with van der Waals surface area (Å²) in [5.74, 6) is -0.995. The highest BCUT2D eigenvalue weighted by Gasteiger charge is 2.17. The van der Waals surface area contributed by atoms with Gasteiger partial charge in [-0.15, -0.1) is 10.2 Å². The Morgan fingerprint density at radius 3 is 2.35 bits per heavy atom. The number of H-pyrrole nitrogens is 1. The van der Waals surface area contributed by atoms with Crippen LogP contribution >= 0.6 is 11.6 Å². The Morgan fingerprint density at radius 2 is 1.74 bits per heavy atom. The van der Waals surface area contributed by atoms with Crippen molar-refractivity contribution in [2.45, 2.75) is 16.7 Å². The Morgan fingerprint density at radius 1 is 1.06 bits per heavy atom. The maximum atomic E-state index is 12.7. The Kier molecular flexibility index (Phi) is 5.77. The van der Waals surface area contributed by atoms with Crippen molar-refractivity contribution in [1.29, 1.82) is 0 Å². The number of rotatable bonds is 5. The molecule has 0 aliphatic rings. The lowest BCUT2D eigenvalue weighted by atomic mass is 10.3. The van der Waals surface area contributed by atoms with Crippen LogP contribution in [0.4, 0.5) is 11.4 Å². The minimum Gasteiger partial charge on any atom is -0.744 e. The van der Waals surface area contributed by atoms with Crippen molar-refractivity contribution in [1.82, 2.24) is 9.78 Å². The van der Waals surface area contributed by atoms with Crippen molar-refractivity contribution in [2.75, 3.05) is 0 Å². The molecular weight excluding hydrogens is 476 g/mol. The summed E-state index contributed by atoms with van der Waals surface area (Å²) in [6.45, 7) is 1.44. The number of phenols is 1. The molecule has 0 atom stereocenters. The van der Waals surface area contributed by atoms with E-state index in [1.807, 2.05) is 0 Å². The number of phenolic OH excluding ortho intramolecular Hbond substituents is 1. The molecule has 1 heterocycles. The fraction of sp³-hybridized carbons (Fsp3) is 0.0625. The van der Waals surface area contributed by atoms with Crippen LogP contribution < -0.4 is 5.56 Å². The molecule has 164 valence electrons. The summed E-state index contributed by atoms with van der Waals surface area (Å²) in [4.78, 5) is 11.1. The van der Waals surface area contributed by atoms with Crippen LogP contribution in [-0.4, -0.2) is 40.8 Å². The summed E-state index contributed by atoms with van der Waals surface area (Å²) < 4.78 is 68.2. The van der Waals surface area contributed by atoms with Gasteiger partial charge in [0.05, 0.1) is 21.2 Å². The monoisotopic (exact) mass is 486 g/mol. The van der Waals surface area contributed by atoms with Gasteiger partial charge in [0.15, 0.2) is 11.4 Å². The van der Waals surface area contributed by atoms with Crippen LogP contribution in [0.1, 0.15) is 5.69 Å². The third kappa shape index (κ3) is 4.67. The van der Waals surface area contributed by atoms with E-state index in [4.69, 9.17) is 11.6 Å². The van der Waals surface area contributed by atoms with Crippen molar-refractivity contribution in [2.24, 2.45) is 10.2 Å². The zero-order valence-corrected chi connectivity index (χ0v) is 17.7. The Labute approximate surface area is 179 Å². The van der Waals surface area contributed by atoms with Crippen LogP contribution in [-0.2, 0) is 20.2 Å². The molecule has 0 aliphatic carbocycles. The topological polar surface area (TPSA) is 197 Å². The van der Waals surface area contributed by atoms with Gasteiger partial charge in [-0.25, -0.2) is 21.5 Å². The second-order valence-electron chi connectivity index (χ2n) is 6.10. The largest absolute Gasteiger partial charge is 0.744 e. The minimum atomic E-state index is -5.06. The van der Waals surface area contributed by atoms with Crippen molar-refractivity contribution >= 4 is 43.2 Å². The van der Waals surface area contributed by atoms with Gasteiger partial charge in [-0.3, -0.25) is 9.89 Å². The predicted octanol–water partition coefficient (Wildman–Crippen LogP) is 2.06. The van der Waals surface area contributed by atoms with E-state index in [1.165, 1.54) is 19.1 Å². The number of aryl methyl sites for hydroxylation is 1. The maximum absolute atomic E-state index is 12.7. The van der Waals surface area contributed by atoms with Crippen LogP contribution in [0.3, 0.4) is 0 Å². The summed E-state index contributed by atoms with van der Waals surface area (Å²) in [7, 11) is -9.82. The molecule has 0 amide bonds. The summed E-state index contributed by atoms with van der Waals surface area (Å²) in [5.41, 5.74) is -1.35. The SMILES string of the molecule is Cc1[nH]n(-c2cccc(S(=O)(=O)[O-])c2)c(=O)c1N=Nc1cc(Cl)cc(S(=O)(=O)[O-])c1O. The van der Waals surface area contributed by atoms with Gasteiger partial charge >= 0.3 is 0 Å². The maximum Gasteiger partial charge on any atom is 0.299 e. The third-order valence-corrected chi connectivity index (χ3v) is 5.85. The summed E-state index contributed by atoms with van der Waals surface area (Å²) in [5, 5.41) is 19.7. The molecule has 0 unspecified atom stereocenters. The van der Waals surface area contributed by atoms with E-state index in [-0.39, 0.29) is 22.1 Å². The van der Waals surface area contributed by atoms with E-state index in [1.54, 1.807) is 0 Å². The highest BCUT2D eigenvalue weighted by Crippen LogP contribution is 2.37. The number of hydrogen-bond acceptors (Lipinski definition) is 10. The van der Waals surface area contributed by atoms with Gasteiger partial charge in [0.2, 0.25) is 0 Å². The van der Waals surface area contributed by atoms with E-state index in [0.717, 1.165) is 28.9 Å². The number of azo groups is 1. The average molecular weight is 487 g/mol. The fourth-order valence-corrected chi connectivity index (χ4v) is 3.95. The molecule has 1 aromatic heterocycles. The lowest BCUT2D eigenvalue weighted by Crippen LogP contribution is -2.14. The number of aromatic hydroxyl groups is 1. The molecule has 0 saturated heterocycles. The molecule has 0 aliphatic heterocycles. The van der Waals surface area contributed by atoms with E-state index < -0.39 is 47.0 Å². The van der Waals surface area contributed by atoms with Gasteiger partial charge in [-0.2, -0.15) is 0 Å². The number of nitrogens with one attached hydrogen (secondary N) is 1. The third-order valence-electron chi connectivity index (χ3n) is 3.95. The quantitative estimate of drug-likeness (QED) is 0.403. The molecule has 31 heavy (non-hydrogen) atoms. The lowest BCUT2D eigenvalue weighted by Gasteiger charge is -2.10. The number of halogens is 1. The number of aromatic nitrogens is 2. The van der Waals surface area contributed by atoms with Gasteiger partial charge in [0.1, 0.15) is 25.9 Å². The van der Waals surface area contributed by atoms with E-state index in [0.29, 0.717) is 0 Å². The predicted molar refractivity (Wildman–Crippen MR) is 104 cm³/mol. The van der Waals surface area contributed by atoms with E-state index >= 15 is 0 Å². The van der Waals surface area contributed by atoms with Gasteiger partial charge in [-0.05, 0) is 37.3 Å². The van der Waals surface area contributed by atoms with Crippen LogP contribution in [0.5, 0.6) is 5.75 Å². The summed E-state index contributed by atoms with van der Waals surface area (Å²) in [6, 6.07) is 6.44. The molecule has 3 rings (SSSR count). The van der Waals surface area contributed by atoms with Gasteiger partial charge in [-0.1, -0.05) is 17.7 Å². The van der Waals surface area contributed by atoms with Crippen molar-refractivity contribution in [3.63, 3.8) is 0 Å². The first-order valence-electron chi connectivity index (χ1n) is 8.07. The molecule has 12 nitrogen and oxygen atoms in total. The first-order valence-corrected chi connectivity index (χ1v) is 11.3. The number of benzene rings is 2. The van der Waals surface area contributed by atoms with Gasteiger partial charge in [0, 0.05) is 5.02 Å².